The number of aryl methyl sites for hydroxylation is 3. The van der Waals surface area contributed by atoms with Crippen LogP contribution in [-0.4, -0.2) is 45.5 Å². The minimum Gasteiger partial charge on any atom is -0.373 e. The summed E-state index contributed by atoms with van der Waals surface area (Å²) in [5.41, 5.74) is 2.26. The van der Waals surface area contributed by atoms with Crippen LogP contribution < -0.4 is 4.90 Å². The van der Waals surface area contributed by atoms with E-state index < -0.39 is 0 Å². The quantitative estimate of drug-likeness (QED) is 0.861. The van der Waals surface area contributed by atoms with Gasteiger partial charge in [-0.05, 0) is 25.8 Å². The first-order valence-corrected chi connectivity index (χ1v) is 7.84. The molecule has 3 rings (SSSR count). The van der Waals surface area contributed by atoms with Crippen LogP contribution in [0.4, 0.5) is 5.82 Å². The molecule has 0 N–H and O–H groups in total. The lowest BCUT2D eigenvalue weighted by atomic mass is 10.2. The van der Waals surface area contributed by atoms with E-state index in [-0.39, 0.29) is 6.10 Å². The minimum absolute atomic E-state index is 0.133. The van der Waals surface area contributed by atoms with Crippen LogP contribution in [0, 0.1) is 13.8 Å². The van der Waals surface area contributed by atoms with E-state index in [4.69, 9.17) is 4.74 Å². The summed E-state index contributed by atoms with van der Waals surface area (Å²) in [5, 5.41) is 4.34. The maximum absolute atomic E-state index is 5.88. The molecule has 0 amide bonds. The largest absolute Gasteiger partial charge is 0.373 e. The van der Waals surface area contributed by atoms with Crippen molar-refractivity contribution in [3.63, 3.8) is 0 Å². The molecule has 3 heterocycles. The van der Waals surface area contributed by atoms with Gasteiger partial charge < -0.3 is 9.64 Å². The van der Waals surface area contributed by atoms with E-state index in [1.54, 1.807) is 0 Å². The third kappa shape index (κ3) is 3.44. The molecule has 118 valence electrons. The summed E-state index contributed by atoms with van der Waals surface area (Å²) in [5.74, 6) is 1.84. The average molecular weight is 301 g/mol. The van der Waals surface area contributed by atoms with E-state index in [0.29, 0.717) is 0 Å². The van der Waals surface area contributed by atoms with Crippen molar-refractivity contribution >= 4 is 5.82 Å². The fraction of sp³-hybridized carbons (Fsp3) is 0.562. The molecule has 2 aromatic heterocycles. The molecule has 1 fully saturated rings. The van der Waals surface area contributed by atoms with Gasteiger partial charge in [0.15, 0.2) is 0 Å². The highest BCUT2D eigenvalue weighted by Gasteiger charge is 2.22. The maximum Gasteiger partial charge on any atom is 0.132 e. The second-order valence-electron chi connectivity index (χ2n) is 5.80. The van der Waals surface area contributed by atoms with Crippen LogP contribution in [0.15, 0.2) is 18.5 Å². The molecule has 0 bridgehead atoms. The van der Waals surface area contributed by atoms with E-state index in [9.17, 15) is 0 Å². The van der Waals surface area contributed by atoms with Crippen molar-refractivity contribution in [3.8, 4) is 0 Å². The first-order chi connectivity index (χ1) is 10.6. The van der Waals surface area contributed by atoms with Gasteiger partial charge in [-0.3, -0.25) is 4.68 Å². The zero-order valence-electron chi connectivity index (χ0n) is 13.5. The van der Waals surface area contributed by atoms with Gasteiger partial charge in [-0.2, -0.15) is 5.10 Å². The van der Waals surface area contributed by atoms with Crippen molar-refractivity contribution in [2.45, 2.75) is 39.8 Å². The van der Waals surface area contributed by atoms with Gasteiger partial charge in [0, 0.05) is 31.0 Å². The molecule has 1 aliphatic rings. The average Bonchev–Trinajstić information content (AvgIpc) is 2.92. The van der Waals surface area contributed by atoms with Crippen LogP contribution in [0.1, 0.15) is 24.0 Å². The minimum atomic E-state index is 0.133. The molecule has 0 spiro atoms. The van der Waals surface area contributed by atoms with Crippen molar-refractivity contribution in [2.75, 3.05) is 24.6 Å². The number of nitrogens with zero attached hydrogens (tertiary/aromatic N) is 5. The van der Waals surface area contributed by atoms with Gasteiger partial charge in [0.25, 0.3) is 0 Å². The van der Waals surface area contributed by atoms with Crippen LogP contribution in [0.5, 0.6) is 0 Å². The summed E-state index contributed by atoms with van der Waals surface area (Å²) in [4.78, 5) is 11.3. The van der Waals surface area contributed by atoms with Crippen LogP contribution in [0.25, 0.3) is 0 Å². The molecular formula is C16H23N5O. The number of aromatic nitrogens is 4. The fourth-order valence-electron chi connectivity index (χ4n) is 2.77. The summed E-state index contributed by atoms with van der Waals surface area (Å²) in [6.45, 7) is 9.31. The van der Waals surface area contributed by atoms with Crippen molar-refractivity contribution in [3.05, 3.63) is 35.5 Å². The van der Waals surface area contributed by atoms with Gasteiger partial charge in [-0.15, -0.1) is 0 Å². The second-order valence-corrected chi connectivity index (χ2v) is 5.80. The number of morpholine rings is 1. The summed E-state index contributed by atoms with van der Waals surface area (Å²) < 4.78 is 7.83. The Bertz CT molecular complexity index is 639. The molecule has 0 saturated carbocycles. The molecule has 1 saturated heterocycles. The maximum atomic E-state index is 5.88. The summed E-state index contributed by atoms with van der Waals surface area (Å²) >= 11 is 0. The van der Waals surface area contributed by atoms with Crippen LogP contribution in [-0.2, 0) is 17.7 Å². The zero-order valence-corrected chi connectivity index (χ0v) is 13.5. The Morgan fingerprint density at radius 1 is 1.32 bits per heavy atom. The van der Waals surface area contributed by atoms with Gasteiger partial charge in [0.2, 0.25) is 0 Å². The van der Waals surface area contributed by atoms with Crippen molar-refractivity contribution in [2.24, 2.45) is 0 Å². The van der Waals surface area contributed by atoms with Gasteiger partial charge in [0.05, 0.1) is 25.5 Å². The molecule has 22 heavy (non-hydrogen) atoms. The van der Waals surface area contributed by atoms with E-state index in [1.165, 1.54) is 5.56 Å². The molecular weight excluding hydrogens is 278 g/mol. The SMILES string of the molecule is CCc1cc(N2CCOC(Cn3cc(C)cn3)C2)nc(C)n1. The Morgan fingerprint density at radius 3 is 2.91 bits per heavy atom. The number of ether oxygens (including phenoxy) is 1. The highest BCUT2D eigenvalue weighted by Crippen LogP contribution is 2.17. The van der Waals surface area contributed by atoms with Gasteiger partial charge >= 0.3 is 0 Å². The Labute approximate surface area is 131 Å². The third-order valence-electron chi connectivity index (χ3n) is 3.86. The Balaban J connectivity index is 1.71. The summed E-state index contributed by atoms with van der Waals surface area (Å²) in [6, 6.07) is 2.09. The molecule has 6 nitrogen and oxygen atoms in total. The number of hydrogen-bond donors (Lipinski definition) is 0. The Morgan fingerprint density at radius 2 is 2.18 bits per heavy atom. The molecule has 1 atom stereocenters. The molecule has 0 radical (unpaired) electrons. The van der Waals surface area contributed by atoms with E-state index in [0.717, 1.165) is 50.0 Å². The smallest absolute Gasteiger partial charge is 0.132 e. The molecule has 2 aromatic rings. The highest BCUT2D eigenvalue weighted by atomic mass is 16.5. The lowest BCUT2D eigenvalue weighted by Gasteiger charge is -2.34. The number of rotatable bonds is 4. The van der Waals surface area contributed by atoms with Gasteiger partial charge in [-0.25, -0.2) is 9.97 Å². The topological polar surface area (TPSA) is 56.1 Å². The predicted octanol–water partition coefficient (Wildman–Crippen LogP) is 1.76. The Kier molecular flexibility index (Phi) is 4.38. The molecule has 0 aliphatic carbocycles. The van der Waals surface area contributed by atoms with Crippen molar-refractivity contribution < 1.29 is 4.74 Å². The molecule has 6 heteroatoms. The normalized spacial score (nSPS) is 18.7. The monoisotopic (exact) mass is 301 g/mol. The lowest BCUT2D eigenvalue weighted by molar-refractivity contribution is 0.0271. The summed E-state index contributed by atoms with van der Waals surface area (Å²) in [7, 11) is 0. The lowest BCUT2D eigenvalue weighted by Crippen LogP contribution is -2.44. The number of anilines is 1. The van der Waals surface area contributed by atoms with E-state index >= 15 is 0 Å². The third-order valence-corrected chi connectivity index (χ3v) is 3.86. The standard InChI is InChI=1S/C16H23N5O/c1-4-14-7-16(19-13(3)18-14)20-5-6-22-15(10-20)11-21-9-12(2)8-17-21/h7-9,15H,4-6,10-11H2,1-3H3. The van der Waals surface area contributed by atoms with Crippen molar-refractivity contribution in [1.82, 2.24) is 19.7 Å². The van der Waals surface area contributed by atoms with Crippen LogP contribution in [0.3, 0.4) is 0 Å². The Hall–Kier alpha value is -1.95. The van der Waals surface area contributed by atoms with Gasteiger partial charge in [-0.1, -0.05) is 6.92 Å². The van der Waals surface area contributed by atoms with E-state index in [2.05, 4.69) is 33.0 Å². The molecule has 0 aromatic carbocycles. The first-order valence-electron chi connectivity index (χ1n) is 7.84. The van der Waals surface area contributed by atoms with Crippen molar-refractivity contribution in [1.29, 1.82) is 0 Å². The summed E-state index contributed by atoms with van der Waals surface area (Å²) in [6.07, 6.45) is 4.98. The van der Waals surface area contributed by atoms with Crippen LogP contribution >= 0.6 is 0 Å². The van der Waals surface area contributed by atoms with Crippen LogP contribution in [0.2, 0.25) is 0 Å². The first kappa shape index (κ1) is 15.0. The van der Waals surface area contributed by atoms with Gasteiger partial charge in [0.1, 0.15) is 11.6 Å². The fourth-order valence-corrected chi connectivity index (χ4v) is 2.77. The second kappa shape index (κ2) is 6.44. The predicted molar refractivity (Wildman–Crippen MR) is 85.1 cm³/mol. The molecule has 1 aliphatic heterocycles. The zero-order chi connectivity index (χ0) is 15.5. The number of hydrogen-bond acceptors (Lipinski definition) is 5. The highest BCUT2D eigenvalue weighted by molar-refractivity contribution is 5.40. The molecule has 1 unspecified atom stereocenters. The van der Waals surface area contributed by atoms with E-state index in [1.807, 2.05) is 30.9 Å².